The van der Waals surface area contributed by atoms with Crippen LogP contribution in [0.5, 0.6) is 0 Å². The maximum atomic E-state index is 12.5. The molecule has 22 heavy (non-hydrogen) atoms. The highest BCUT2D eigenvalue weighted by atomic mass is 35.5. The summed E-state index contributed by atoms with van der Waals surface area (Å²) in [5.41, 5.74) is 2.19. The highest BCUT2D eigenvalue weighted by Crippen LogP contribution is 2.31. The van der Waals surface area contributed by atoms with Gasteiger partial charge in [-0.3, -0.25) is 9.59 Å². The van der Waals surface area contributed by atoms with Crippen LogP contribution >= 0.6 is 11.6 Å². The summed E-state index contributed by atoms with van der Waals surface area (Å²) in [6.45, 7) is 2.43. The third-order valence-corrected chi connectivity index (χ3v) is 4.61. The fourth-order valence-corrected chi connectivity index (χ4v) is 3.36. The van der Waals surface area contributed by atoms with Crippen LogP contribution in [-0.2, 0) is 16.0 Å². The predicted octanol–water partition coefficient (Wildman–Crippen LogP) is 1.44. The molecule has 1 fully saturated rings. The maximum Gasteiger partial charge on any atom is 0.242 e. The Labute approximate surface area is 135 Å². The van der Waals surface area contributed by atoms with Gasteiger partial charge in [0.15, 0.2) is 0 Å². The number of hydrogen-bond donors (Lipinski definition) is 1. The van der Waals surface area contributed by atoms with Crippen molar-refractivity contribution >= 4 is 29.1 Å². The summed E-state index contributed by atoms with van der Waals surface area (Å²) in [7, 11) is 0. The van der Waals surface area contributed by atoms with Gasteiger partial charge in [0, 0.05) is 30.3 Å². The number of piperazine rings is 1. The maximum absolute atomic E-state index is 12.5. The number of nitrogens with zero attached hydrogens (tertiary/aromatic N) is 2. The zero-order valence-corrected chi connectivity index (χ0v) is 13.2. The Balaban J connectivity index is 1.76. The monoisotopic (exact) mass is 321 g/mol. The molecule has 1 N–H and O–H groups in total. The minimum absolute atomic E-state index is 0.00248. The Hall–Kier alpha value is -1.75. The zero-order valence-electron chi connectivity index (χ0n) is 12.5. The van der Waals surface area contributed by atoms with Crippen LogP contribution in [0.2, 0.25) is 5.02 Å². The molecule has 2 heterocycles. The van der Waals surface area contributed by atoms with Crippen molar-refractivity contribution in [2.75, 3.05) is 37.6 Å². The summed E-state index contributed by atoms with van der Waals surface area (Å²) in [6, 6.07) is 5.86. The van der Waals surface area contributed by atoms with Gasteiger partial charge in [-0.25, -0.2) is 0 Å². The quantitative estimate of drug-likeness (QED) is 0.897. The molecule has 0 bridgehead atoms. The molecule has 0 spiro atoms. The van der Waals surface area contributed by atoms with Crippen molar-refractivity contribution in [1.29, 1.82) is 0 Å². The van der Waals surface area contributed by atoms with E-state index in [0.29, 0.717) is 19.6 Å². The first kappa shape index (κ1) is 15.2. The van der Waals surface area contributed by atoms with Crippen LogP contribution in [0, 0.1) is 0 Å². The van der Waals surface area contributed by atoms with E-state index in [9.17, 15) is 9.59 Å². The number of rotatable bonds is 2. The summed E-state index contributed by atoms with van der Waals surface area (Å²) in [5, 5.41) is 3.51. The molecule has 0 aromatic heterocycles. The average Bonchev–Trinajstić information content (AvgIpc) is 2.71. The molecule has 0 radical (unpaired) electrons. The molecule has 1 saturated heterocycles. The van der Waals surface area contributed by atoms with E-state index in [2.05, 4.69) is 10.2 Å². The van der Waals surface area contributed by atoms with E-state index < -0.39 is 0 Å². The molecule has 0 aliphatic carbocycles. The second-order valence-electron chi connectivity index (χ2n) is 5.78. The van der Waals surface area contributed by atoms with Crippen LogP contribution in [0.25, 0.3) is 0 Å². The summed E-state index contributed by atoms with van der Waals surface area (Å²) in [6.07, 6.45) is 3.07. The van der Waals surface area contributed by atoms with Gasteiger partial charge >= 0.3 is 0 Å². The molecule has 3 rings (SSSR count). The van der Waals surface area contributed by atoms with Crippen molar-refractivity contribution in [3.8, 4) is 0 Å². The smallest absolute Gasteiger partial charge is 0.242 e. The second-order valence-corrected chi connectivity index (χ2v) is 6.19. The standard InChI is InChI=1S/C16H20ClN3O2/c17-13-5-3-6-14-12(13)4-1-2-8-19(14)11-16(22)20-9-7-18-15(21)10-20/h3,5-6H,1-2,4,7-11H2,(H,18,21). The van der Waals surface area contributed by atoms with Gasteiger partial charge in [0.1, 0.15) is 0 Å². The lowest BCUT2D eigenvalue weighted by Gasteiger charge is -2.31. The first-order chi connectivity index (χ1) is 10.6. The largest absolute Gasteiger partial charge is 0.362 e. The average molecular weight is 322 g/mol. The van der Waals surface area contributed by atoms with Crippen LogP contribution in [0.4, 0.5) is 5.69 Å². The number of halogens is 1. The van der Waals surface area contributed by atoms with Gasteiger partial charge < -0.3 is 15.1 Å². The molecule has 0 unspecified atom stereocenters. The highest BCUT2D eigenvalue weighted by Gasteiger charge is 2.25. The Bertz CT molecular complexity index is 591. The molecule has 6 heteroatoms. The molecule has 0 atom stereocenters. The van der Waals surface area contributed by atoms with Crippen LogP contribution in [0.1, 0.15) is 18.4 Å². The minimum atomic E-state index is -0.0843. The van der Waals surface area contributed by atoms with Crippen LogP contribution in [0.3, 0.4) is 0 Å². The van der Waals surface area contributed by atoms with E-state index in [1.54, 1.807) is 4.90 Å². The zero-order chi connectivity index (χ0) is 15.5. The number of hydrogen-bond acceptors (Lipinski definition) is 3. The molecular weight excluding hydrogens is 302 g/mol. The van der Waals surface area contributed by atoms with E-state index in [1.807, 2.05) is 18.2 Å². The van der Waals surface area contributed by atoms with E-state index in [-0.39, 0.29) is 18.4 Å². The van der Waals surface area contributed by atoms with Gasteiger partial charge in [0.2, 0.25) is 11.8 Å². The minimum Gasteiger partial charge on any atom is -0.362 e. The third-order valence-electron chi connectivity index (χ3n) is 4.26. The molecular formula is C16H20ClN3O2. The van der Waals surface area contributed by atoms with Gasteiger partial charge in [-0.15, -0.1) is 0 Å². The molecule has 2 amide bonds. The topological polar surface area (TPSA) is 52.7 Å². The normalized spacial score (nSPS) is 18.5. The number of benzene rings is 1. The molecule has 1 aromatic rings. The molecule has 2 aliphatic heterocycles. The highest BCUT2D eigenvalue weighted by molar-refractivity contribution is 6.31. The first-order valence-corrected chi connectivity index (χ1v) is 8.10. The van der Waals surface area contributed by atoms with Gasteiger partial charge in [-0.1, -0.05) is 17.7 Å². The predicted molar refractivity (Wildman–Crippen MR) is 86.2 cm³/mol. The van der Waals surface area contributed by atoms with Crippen molar-refractivity contribution in [3.63, 3.8) is 0 Å². The van der Waals surface area contributed by atoms with Gasteiger partial charge in [-0.2, -0.15) is 0 Å². The van der Waals surface area contributed by atoms with Gasteiger partial charge in [0.25, 0.3) is 0 Å². The van der Waals surface area contributed by atoms with Gasteiger partial charge in [0.05, 0.1) is 13.1 Å². The molecule has 1 aromatic carbocycles. The molecule has 0 saturated carbocycles. The van der Waals surface area contributed by atoms with E-state index in [1.165, 1.54) is 0 Å². The molecule has 118 valence electrons. The third kappa shape index (κ3) is 3.19. The van der Waals surface area contributed by atoms with Crippen molar-refractivity contribution in [2.24, 2.45) is 0 Å². The Morgan fingerprint density at radius 2 is 2.14 bits per heavy atom. The van der Waals surface area contributed by atoms with Crippen LogP contribution in [-0.4, -0.2) is 49.4 Å². The summed E-state index contributed by atoms with van der Waals surface area (Å²) >= 11 is 6.31. The van der Waals surface area contributed by atoms with Crippen molar-refractivity contribution in [3.05, 3.63) is 28.8 Å². The van der Waals surface area contributed by atoms with E-state index in [0.717, 1.165) is 42.1 Å². The summed E-state index contributed by atoms with van der Waals surface area (Å²) in [4.78, 5) is 27.7. The fraction of sp³-hybridized carbons (Fsp3) is 0.500. The number of carbonyl (C=O) groups excluding carboxylic acids is 2. The Morgan fingerprint density at radius 3 is 2.95 bits per heavy atom. The second kappa shape index (κ2) is 6.57. The van der Waals surface area contributed by atoms with Crippen molar-refractivity contribution < 1.29 is 9.59 Å². The lowest BCUT2D eigenvalue weighted by molar-refractivity contribution is -0.137. The SMILES string of the molecule is O=C1CN(C(=O)CN2CCCCc3c(Cl)cccc32)CCN1. The van der Waals surface area contributed by atoms with Gasteiger partial charge in [-0.05, 0) is 37.0 Å². The van der Waals surface area contributed by atoms with Crippen LogP contribution < -0.4 is 10.2 Å². The Morgan fingerprint density at radius 1 is 1.27 bits per heavy atom. The van der Waals surface area contributed by atoms with E-state index >= 15 is 0 Å². The number of carbonyl (C=O) groups is 2. The lowest BCUT2D eigenvalue weighted by Crippen LogP contribution is -2.52. The fourth-order valence-electron chi connectivity index (χ4n) is 3.09. The number of nitrogens with one attached hydrogen (secondary N) is 1. The summed E-state index contributed by atoms with van der Waals surface area (Å²) < 4.78 is 0. The summed E-state index contributed by atoms with van der Waals surface area (Å²) in [5.74, 6) is -0.0819. The molecule has 2 aliphatic rings. The van der Waals surface area contributed by atoms with Crippen molar-refractivity contribution in [2.45, 2.75) is 19.3 Å². The van der Waals surface area contributed by atoms with Crippen molar-refractivity contribution in [1.82, 2.24) is 10.2 Å². The Kier molecular flexibility index (Phi) is 4.52. The van der Waals surface area contributed by atoms with E-state index in [4.69, 9.17) is 11.6 Å². The number of fused-ring (bicyclic) bond motifs is 1. The number of amides is 2. The number of anilines is 1. The lowest BCUT2D eigenvalue weighted by atomic mass is 10.1. The van der Waals surface area contributed by atoms with Crippen LogP contribution in [0.15, 0.2) is 18.2 Å². The molecule has 5 nitrogen and oxygen atoms in total. The first-order valence-electron chi connectivity index (χ1n) is 7.72.